The van der Waals surface area contributed by atoms with Crippen LogP contribution in [0.5, 0.6) is 0 Å². The number of terminal acetylenes is 1. The molecule has 0 saturated heterocycles. The molecule has 0 radical (unpaired) electrons. The van der Waals surface area contributed by atoms with Crippen LogP contribution in [0.25, 0.3) is 0 Å². The lowest BCUT2D eigenvalue weighted by atomic mass is 9.99. The predicted octanol–water partition coefficient (Wildman–Crippen LogP) is 2.47. The van der Waals surface area contributed by atoms with Crippen LogP contribution in [-0.2, 0) is 4.84 Å². The monoisotopic (exact) mass is 163 g/mol. The molecule has 1 aliphatic carbocycles. The van der Waals surface area contributed by atoms with E-state index in [1.165, 1.54) is 31.6 Å². The lowest BCUT2D eigenvalue weighted by molar-refractivity contribution is 0.265. The van der Waals surface area contributed by atoms with E-state index in [-0.39, 0.29) is 0 Å². The first-order valence-corrected chi connectivity index (χ1v) is 4.26. The number of hydrogen-bond acceptors (Lipinski definition) is 2. The second-order valence-electron chi connectivity index (χ2n) is 2.79. The Morgan fingerprint density at radius 2 is 2.08 bits per heavy atom. The molecule has 0 atom stereocenters. The fourth-order valence-corrected chi connectivity index (χ4v) is 1.23. The van der Waals surface area contributed by atoms with Gasteiger partial charge in [-0.15, -0.1) is 6.42 Å². The Kier molecular flexibility index (Phi) is 4.01. The van der Waals surface area contributed by atoms with Crippen molar-refractivity contribution in [3.05, 3.63) is 12.3 Å². The summed E-state index contributed by atoms with van der Waals surface area (Å²) >= 11 is 0. The first-order chi connectivity index (χ1) is 5.93. The molecule has 0 spiro atoms. The topological polar surface area (TPSA) is 21.6 Å². The first-order valence-electron chi connectivity index (χ1n) is 4.26. The zero-order valence-electron chi connectivity index (χ0n) is 7.12. The summed E-state index contributed by atoms with van der Waals surface area (Å²) in [7, 11) is 0. The molecule has 0 aromatic carbocycles. The highest BCUT2D eigenvalue weighted by molar-refractivity contribution is 5.84. The fourth-order valence-electron chi connectivity index (χ4n) is 1.23. The van der Waals surface area contributed by atoms with Crippen molar-refractivity contribution in [1.29, 1.82) is 0 Å². The Hall–Kier alpha value is -1.23. The van der Waals surface area contributed by atoms with Crippen molar-refractivity contribution in [1.82, 2.24) is 0 Å². The minimum absolute atomic E-state index is 1.07. The standard InChI is InChI=1S/C10H13NO/c1-2-3-9-12-11-10-7-5-4-6-8-10/h1,3,9H,4-8H2/b9-3+. The van der Waals surface area contributed by atoms with E-state index in [1.54, 1.807) is 0 Å². The molecule has 1 saturated carbocycles. The normalized spacial score (nSPS) is 17.4. The molecular formula is C10H13NO. The summed E-state index contributed by atoms with van der Waals surface area (Å²) in [6, 6.07) is 0. The van der Waals surface area contributed by atoms with Gasteiger partial charge in [-0.3, -0.25) is 0 Å². The molecule has 64 valence electrons. The van der Waals surface area contributed by atoms with E-state index in [9.17, 15) is 0 Å². The van der Waals surface area contributed by atoms with Crippen LogP contribution in [-0.4, -0.2) is 5.71 Å². The molecule has 0 unspecified atom stereocenters. The molecule has 2 heteroatoms. The number of oxime groups is 1. The summed E-state index contributed by atoms with van der Waals surface area (Å²) in [5.41, 5.74) is 1.16. The van der Waals surface area contributed by atoms with Crippen LogP contribution in [0.3, 0.4) is 0 Å². The molecule has 0 bridgehead atoms. The van der Waals surface area contributed by atoms with Crippen LogP contribution in [0.1, 0.15) is 32.1 Å². The second kappa shape index (κ2) is 5.42. The van der Waals surface area contributed by atoms with Crippen LogP contribution in [0.15, 0.2) is 17.5 Å². The van der Waals surface area contributed by atoms with E-state index in [2.05, 4.69) is 11.1 Å². The molecule has 0 amide bonds. The van der Waals surface area contributed by atoms with Crippen molar-refractivity contribution < 1.29 is 4.84 Å². The van der Waals surface area contributed by atoms with E-state index in [0.717, 1.165) is 18.6 Å². The molecular weight excluding hydrogens is 150 g/mol. The Morgan fingerprint density at radius 1 is 1.33 bits per heavy atom. The maximum Gasteiger partial charge on any atom is 0.130 e. The van der Waals surface area contributed by atoms with Crippen molar-refractivity contribution >= 4 is 5.71 Å². The molecule has 12 heavy (non-hydrogen) atoms. The third-order valence-electron chi connectivity index (χ3n) is 1.84. The number of nitrogens with zero attached hydrogens (tertiary/aromatic N) is 1. The summed E-state index contributed by atoms with van der Waals surface area (Å²) in [5.74, 6) is 2.33. The van der Waals surface area contributed by atoms with Crippen molar-refractivity contribution in [3.63, 3.8) is 0 Å². The van der Waals surface area contributed by atoms with E-state index in [1.807, 2.05) is 0 Å². The Balaban J connectivity index is 2.26. The molecule has 0 heterocycles. The number of rotatable bonds is 2. The van der Waals surface area contributed by atoms with E-state index < -0.39 is 0 Å². The van der Waals surface area contributed by atoms with Crippen LogP contribution in [0.2, 0.25) is 0 Å². The SMILES string of the molecule is C#C/C=C/ON=C1CCCCC1. The van der Waals surface area contributed by atoms with Crippen molar-refractivity contribution in [3.8, 4) is 12.3 Å². The van der Waals surface area contributed by atoms with Crippen LogP contribution >= 0.6 is 0 Å². The lowest BCUT2D eigenvalue weighted by Crippen LogP contribution is -2.04. The summed E-state index contributed by atoms with van der Waals surface area (Å²) < 4.78 is 0. The van der Waals surface area contributed by atoms with Crippen molar-refractivity contribution in [2.75, 3.05) is 0 Å². The van der Waals surface area contributed by atoms with E-state index in [0.29, 0.717) is 0 Å². The van der Waals surface area contributed by atoms with Gasteiger partial charge < -0.3 is 4.84 Å². The molecule has 0 aromatic rings. The zero-order chi connectivity index (χ0) is 8.65. The minimum Gasteiger partial charge on any atom is -0.364 e. The van der Waals surface area contributed by atoms with Gasteiger partial charge in [0.2, 0.25) is 0 Å². The van der Waals surface area contributed by atoms with Crippen molar-refractivity contribution in [2.24, 2.45) is 5.16 Å². The van der Waals surface area contributed by atoms with Crippen LogP contribution in [0.4, 0.5) is 0 Å². The maximum atomic E-state index is 4.98. The molecule has 0 aliphatic heterocycles. The maximum absolute atomic E-state index is 4.98. The van der Waals surface area contributed by atoms with Gasteiger partial charge in [0.25, 0.3) is 0 Å². The molecule has 0 aromatic heterocycles. The number of allylic oxidation sites excluding steroid dienone is 1. The Labute approximate surface area is 73.3 Å². The first kappa shape index (κ1) is 8.86. The second-order valence-corrected chi connectivity index (χ2v) is 2.79. The average Bonchev–Trinajstić information content (AvgIpc) is 2.14. The highest BCUT2D eigenvalue weighted by atomic mass is 16.6. The predicted molar refractivity (Wildman–Crippen MR) is 49.6 cm³/mol. The fraction of sp³-hybridized carbons (Fsp3) is 0.500. The third-order valence-corrected chi connectivity index (χ3v) is 1.84. The quantitative estimate of drug-likeness (QED) is 0.348. The smallest absolute Gasteiger partial charge is 0.130 e. The van der Waals surface area contributed by atoms with Gasteiger partial charge in [-0.1, -0.05) is 17.5 Å². The third kappa shape index (κ3) is 3.25. The number of hydrogen-bond donors (Lipinski definition) is 0. The molecule has 1 fully saturated rings. The van der Waals surface area contributed by atoms with E-state index in [4.69, 9.17) is 11.3 Å². The largest absolute Gasteiger partial charge is 0.364 e. The van der Waals surface area contributed by atoms with Gasteiger partial charge in [-0.25, -0.2) is 0 Å². The highest BCUT2D eigenvalue weighted by Crippen LogP contribution is 2.14. The molecule has 2 nitrogen and oxygen atoms in total. The summed E-state index contributed by atoms with van der Waals surface area (Å²) in [5, 5.41) is 3.96. The van der Waals surface area contributed by atoms with Crippen LogP contribution < -0.4 is 0 Å². The minimum atomic E-state index is 1.07. The molecule has 0 N–H and O–H groups in total. The summed E-state index contributed by atoms with van der Waals surface area (Å²) in [6.07, 6.45) is 13.8. The van der Waals surface area contributed by atoms with E-state index >= 15 is 0 Å². The summed E-state index contributed by atoms with van der Waals surface area (Å²) in [4.78, 5) is 4.88. The lowest BCUT2D eigenvalue weighted by Gasteiger charge is -2.10. The van der Waals surface area contributed by atoms with Crippen LogP contribution in [0, 0.1) is 12.3 Å². The molecule has 1 aliphatic rings. The van der Waals surface area contributed by atoms with Gasteiger partial charge in [-0.2, -0.15) is 0 Å². The zero-order valence-corrected chi connectivity index (χ0v) is 7.12. The van der Waals surface area contributed by atoms with Gasteiger partial charge in [0.1, 0.15) is 6.26 Å². The Morgan fingerprint density at radius 3 is 2.75 bits per heavy atom. The Bertz CT molecular complexity index is 214. The average molecular weight is 163 g/mol. The molecule has 1 rings (SSSR count). The van der Waals surface area contributed by atoms with Gasteiger partial charge in [0.05, 0.1) is 5.71 Å². The van der Waals surface area contributed by atoms with Gasteiger partial charge >= 0.3 is 0 Å². The van der Waals surface area contributed by atoms with Gasteiger partial charge in [0, 0.05) is 6.08 Å². The highest BCUT2D eigenvalue weighted by Gasteiger charge is 2.06. The van der Waals surface area contributed by atoms with Gasteiger partial charge in [-0.05, 0) is 25.7 Å². The summed E-state index contributed by atoms with van der Waals surface area (Å²) in [6.45, 7) is 0. The van der Waals surface area contributed by atoms with Crippen molar-refractivity contribution in [2.45, 2.75) is 32.1 Å². The van der Waals surface area contributed by atoms with Gasteiger partial charge in [0.15, 0.2) is 0 Å².